The fraction of sp³-hybridized carbons (Fsp3) is 0.133. The third-order valence-corrected chi connectivity index (χ3v) is 4.70. The van der Waals surface area contributed by atoms with E-state index in [1.54, 1.807) is 6.92 Å². The van der Waals surface area contributed by atoms with Gasteiger partial charge in [-0.25, -0.2) is 5.43 Å². The Labute approximate surface area is 150 Å². The lowest BCUT2D eigenvalue weighted by Crippen LogP contribution is -2.17. The second-order valence-electron chi connectivity index (χ2n) is 5.13. The summed E-state index contributed by atoms with van der Waals surface area (Å²) in [7, 11) is 0. The van der Waals surface area contributed by atoms with Crippen LogP contribution in [0.3, 0.4) is 0 Å². The van der Waals surface area contributed by atoms with Gasteiger partial charge in [0.05, 0.1) is 28.3 Å². The van der Waals surface area contributed by atoms with Gasteiger partial charge >= 0.3 is 0 Å². The number of nitrogens with one attached hydrogen (secondary N) is 1. The molecule has 26 heavy (non-hydrogen) atoms. The van der Waals surface area contributed by atoms with E-state index < -0.39 is 10.8 Å². The molecule has 132 valence electrons. The molecule has 1 aliphatic heterocycles. The minimum Gasteiger partial charge on any atom is -0.454 e. The van der Waals surface area contributed by atoms with Gasteiger partial charge in [-0.1, -0.05) is 0 Å². The summed E-state index contributed by atoms with van der Waals surface area (Å²) in [6.07, 6.45) is 1.13. The van der Waals surface area contributed by atoms with Crippen molar-refractivity contribution in [3.8, 4) is 17.6 Å². The summed E-state index contributed by atoms with van der Waals surface area (Å²) in [4.78, 5) is 23.0. The number of benzene rings is 1. The first-order valence-corrected chi connectivity index (χ1v) is 7.94. The average Bonchev–Trinajstić information content (AvgIpc) is 3.17. The van der Waals surface area contributed by atoms with Crippen LogP contribution in [-0.4, -0.2) is 23.8 Å². The number of rotatable bonds is 4. The Kier molecular flexibility index (Phi) is 4.42. The molecule has 3 N–H and O–H groups in total. The van der Waals surface area contributed by atoms with E-state index in [-0.39, 0.29) is 39.2 Å². The van der Waals surface area contributed by atoms with Gasteiger partial charge in [0.25, 0.3) is 11.6 Å². The summed E-state index contributed by atoms with van der Waals surface area (Å²) >= 11 is 0.969. The van der Waals surface area contributed by atoms with E-state index in [0.717, 1.165) is 17.6 Å². The van der Waals surface area contributed by atoms with E-state index in [1.807, 2.05) is 6.07 Å². The predicted octanol–water partition coefficient (Wildman–Crippen LogP) is 1.91. The summed E-state index contributed by atoms with van der Waals surface area (Å²) in [5, 5.41) is 24.2. The first kappa shape index (κ1) is 17.2. The molecule has 2 aromatic rings. The van der Waals surface area contributed by atoms with Gasteiger partial charge in [0.1, 0.15) is 15.9 Å². The van der Waals surface area contributed by atoms with Crippen molar-refractivity contribution >= 4 is 34.1 Å². The number of carbonyl (C=O) groups excluding carboxylic acids is 1. The van der Waals surface area contributed by atoms with Crippen molar-refractivity contribution in [3.63, 3.8) is 0 Å². The second kappa shape index (κ2) is 6.69. The Morgan fingerprint density at radius 3 is 2.81 bits per heavy atom. The molecule has 0 saturated heterocycles. The number of hydrogen-bond donors (Lipinski definition) is 2. The Morgan fingerprint density at radius 1 is 1.50 bits per heavy atom. The van der Waals surface area contributed by atoms with Gasteiger partial charge in [0, 0.05) is 0 Å². The van der Waals surface area contributed by atoms with Crippen molar-refractivity contribution in [2.75, 3.05) is 12.5 Å². The zero-order valence-corrected chi connectivity index (χ0v) is 14.1. The lowest BCUT2D eigenvalue weighted by molar-refractivity contribution is -0.385. The van der Waals surface area contributed by atoms with Crippen LogP contribution >= 0.6 is 11.3 Å². The molecule has 0 unspecified atom stereocenters. The van der Waals surface area contributed by atoms with Gasteiger partial charge < -0.3 is 15.2 Å². The number of thiophene rings is 1. The highest BCUT2D eigenvalue weighted by Crippen LogP contribution is 2.37. The summed E-state index contributed by atoms with van der Waals surface area (Å²) in [6.45, 7) is 1.58. The van der Waals surface area contributed by atoms with Crippen LogP contribution in [0.1, 0.15) is 26.4 Å². The fourth-order valence-electron chi connectivity index (χ4n) is 2.31. The van der Waals surface area contributed by atoms with Crippen LogP contribution in [0.5, 0.6) is 11.5 Å². The number of ether oxygens (including phenoxy) is 2. The van der Waals surface area contributed by atoms with E-state index in [0.29, 0.717) is 11.3 Å². The normalized spacial score (nSPS) is 12.2. The lowest BCUT2D eigenvalue weighted by atomic mass is 10.1. The Bertz CT molecular complexity index is 991. The van der Waals surface area contributed by atoms with Crippen molar-refractivity contribution in [1.82, 2.24) is 5.43 Å². The highest BCUT2D eigenvalue weighted by Gasteiger charge is 2.23. The zero-order valence-electron chi connectivity index (χ0n) is 13.3. The zero-order chi connectivity index (χ0) is 18.8. The number of anilines is 1. The summed E-state index contributed by atoms with van der Waals surface area (Å²) < 4.78 is 10.3. The van der Waals surface area contributed by atoms with Gasteiger partial charge in [-0.05, 0) is 18.6 Å². The number of nitrogens with two attached hydrogens (primary N) is 1. The Morgan fingerprint density at radius 2 is 2.19 bits per heavy atom. The molecule has 1 aliphatic rings. The number of carbonyl (C=O) groups is 1. The van der Waals surface area contributed by atoms with Gasteiger partial charge in [0.2, 0.25) is 6.79 Å². The van der Waals surface area contributed by atoms with Gasteiger partial charge in [-0.2, -0.15) is 10.4 Å². The number of nitrogen functional groups attached to an aromatic ring is 1. The van der Waals surface area contributed by atoms with E-state index in [2.05, 4.69) is 10.5 Å². The highest BCUT2D eigenvalue weighted by molar-refractivity contribution is 7.18. The van der Waals surface area contributed by atoms with Crippen molar-refractivity contribution in [2.24, 2.45) is 5.10 Å². The molecule has 0 atom stereocenters. The minimum atomic E-state index is -0.589. The number of nitro benzene ring substituents is 1. The molecule has 1 amide bonds. The molecule has 3 rings (SSSR count). The SMILES string of the molecule is Cc1c(C(=O)N/N=C/c2cc3c(cc2[N+](=O)[O-])OCO3)sc(N)c1C#N. The van der Waals surface area contributed by atoms with Crippen molar-refractivity contribution in [1.29, 1.82) is 5.26 Å². The predicted molar refractivity (Wildman–Crippen MR) is 92.5 cm³/mol. The first-order chi connectivity index (χ1) is 12.4. The first-order valence-electron chi connectivity index (χ1n) is 7.12. The van der Waals surface area contributed by atoms with Crippen LogP contribution in [0.4, 0.5) is 10.7 Å². The van der Waals surface area contributed by atoms with Crippen LogP contribution < -0.4 is 20.6 Å². The monoisotopic (exact) mass is 373 g/mol. The van der Waals surface area contributed by atoms with Crippen molar-refractivity contribution in [2.45, 2.75) is 6.92 Å². The lowest BCUT2D eigenvalue weighted by Gasteiger charge is -2.01. The van der Waals surface area contributed by atoms with E-state index >= 15 is 0 Å². The summed E-state index contributed by atoms with van der Waals surface area (Å²) in [5.41, 5.74) is 8.56. The maximum Gasteiger partial charge on any atom is 0.282 e. The molecule has 0 fully saturated rings. The molecule has 0 aliphatic carbocycles. The van der Waals surface area contributed by atoms with Gasteiger partial charge in [0.15, 0.2) is 11.5 Å². The number of nitro groups is 1. The maximum atomic E-state index is 12.2. The summed E-state index contributed by atoms with van der Waals surface area (Å²) in [5.74, 6) is 0.0517. The number of fused-ring (bicyclic) bond motifs is 1. The largest absolute Gasteiger partial charge is 0.454 e. The van der Waals surface area contributed by atoms with Crippen LogP contribution in [0.2, 0.25) is 0 Å². The quantitative estimate of drug-likeness (QED) is 0.471. The van der Waals surface area contributed by atoms with Crippen LogP contribution in [0.15, 0.2) is 17.2 Å². The molecule has 10 nitrogen and oxygen atoms in total. The second-order valence-corrected chi connectivity index (χ2v) is 6.18. The third-order valence-electron chi connectivity index (χ3n) is 3.58. The van der Waals surface area contributed by atoms with Crippen molar-refractivity contribution < 1.29 is 19.2 Å². The molecule has 1 aromatic heterocycles. The average molecular weight is 373 g/mol. The number of hydrogen-bond acceptors (Lipinski definition) is 9. The molecule has 0 radical (unpaired) electrons. The number of nitrogens with zero attached hydrogens (tertiary/aromatic N) is 3. The van der Waals surface area contributed by atoms with Crippen molar-refractivity contribution in [3.05, 3.63) is 43.8 Å². The molecule has 0 spiro atoms. The van der Waals surface area contributed by atoms with Crippen LogP contribution in [-0.2, 0) is 0 Å². The van der Waals surface area contributed by atoms with E-state index in [4.69, 9.17) is 20.5 Å². The topological polar surface area (TPSA) is 153 Å². The number of nitriles is 1. The third kappa shape index (κ3) is 3.01. The van der Waals surface area contributed by atoms with E-state index in [1.165, 1.54) is 12.1 Å². The number of hydrazone groups is 1. The van der Waals surface area contributed by atoms with Crippen LogP contribution in [0.25, 0.3) is 0 Å². The smallest absolute Gasteiger partial charge is 0.282 e. The molecule has 11 heteroatoms. The number of amides is 1. The van der Waals surface area contributed by atoms with Gasteiger partial charge in [-0.3, -0.25) is 14.9 Å². The molecular weight excluding hydrogens is 362 g/mol. The minimum absolute atomic E-state index is 0.0237. The fourth-order valence-corrected chi connectivity index (χ4v) is 3.23. The Hall–Kier alpha value is -3.65. The molecule has 0 saturated carbocycles. The van der Waals surface area contributed by atoms with Gasteiger partial charge in [-0.15, -0.1) is 11.3 Å². The molecule has 1 aromatic carbocycles. The Balaban J connectivity index is 1.82. The molecule has 2 heterocycles. The molecule has 0 bridgehead atoms. The van der Waals surface area contributed by atoms with Crippen LogP contribution in [0, 0.1) is 28.4 Å². The standard InChI is InChI=1S/C15H11N5O5S/c1-7-9(4-16)14(17)26-13(7)15(21)19-18-5-8-2-11-12(25-6-24-11)3-10(8)20(22)23/h2-3,5H,6,17H2,1H3,(H,19,21)/b18-5+. The molecular formula is C15H11N5O5S. The maximum absolute atomic E-state index is 12.2. The summed E-state index contributed by atoms with van der Waals surface area (Å²) in [6, 6.07) is 4.56. The van der Waals surface area contributed by atoms with E-state index in [9.17, 15) is 14.9 Å². The highest BCUT2D eigenvalue weighted by atomic mass is 32.1.